The minimum atomic E-state index is -0.0337. The van der Waals surface area contributed by atoms with Crippen LogP contribution in [-0.4, -0.2) is 51.9 Å². The molecular formula is C16H14ClN5OS. The van der Waals surface area contributed by atoms with Crippen LogP contribution in [0.15, 0.2) is 36.2 Å². The number of pyridine rings is 1. The highest BCUT2D eigenvalue weighted by Crippen LogP contribution is 2.28. The average Bonchev–Trinajstić information content (AvgIpc) is 3.10. The van der Waals surface area contributed by atoms with Crippen LogP contribution in [0.2, 0.25) is 5.02 Å². The van der Waals surface area contributed by atoms with Gasteiger partial charge in [-0.25, -0.2) is 9.97 Å². The molecule has 0 saturated carbocycles. The van der Waals surface area contributed by atoms with Crippen molar-refractivity contribution in [3.8, 4) is 0 Å². The fraction of sp³-hybridized carbons (Fsp3) is 0.250. The highest BCUT2D eigenvalue weighted by Gasteiger charge is 2.24. The average molecular weight is 360 g/mol. The fourth-order valence-corrected chi connectivity index (χ4v) is 3.87. The van der Waals surface area contributed by atoms with Crippen LogP contribution < -0.4 is 4.90 Å². The topological polar surface area (TPSA) is 62.2 Å². The molecule has 3 aromatic rings. The Hall–Kier alpha value is -2.25. The lowest BCUT2D eigenvalue weighted by atomic mass is 10.2. The molecular weight excluding hydrogens is 346 g/mol. The maximum absolute atomic E-state index is 12.6. The number of anilines is 1. The van der Waals surface area contributed by atoms with E-state index in [1.165, 1.54) is 6.20 Å². The van der Waals surface area contributed by atoms with Gasteiger partial charge < -0.3 is 9.80 Å². The van der Waals surface area contributed by atoms with Crippen LogP contribution in [0.5, 0.6) is 0 Å². The molecule has 0 N–H and O–H groups in total. The summed E-state index contributed by atoms with van der Waals surface area (Å²) in [6, 6.07) is 3.65. The minimum absolute atomic E-state index is 0.0337. The van der Waals surface area contributed by atoms with Crippen LogP contribution >= 0.6 is 22.9 Å². The lowest BCUT2D eigenvalue weighted by Crippen LogP contribution is -2.49. The van der Waals surface area contributed by atoms with E-state index in [4.69, 9.17) is 11.6 Å². The molecule has 122 valence electrons. The molecule has 0 bridgehead atoms. The summed E-state index contributed by atoms with van der Waals surface area (Å²) in [5, 5.41) is 2.50. The van der Waals surface area contributed by atoms with Crippen molar-refractivity contribution in [1.29, 1.82) is 0 Å². The monoisotopic (exact) mass is 359 g/mol. The molecule has 0 atom stereocenters. The quantitative estimate of drug-likeness (QED) is 0.704. The lowest BCUT2D eigenvalue weighted by Gasteiger charge is -2.35. The Kier molecular flexibility index (Phi) is 4.03. The molecule has 8 heteroatoms. The van der Waals surface area contributed by atoms with Crippen LogP contribution in [0.25, 0.3) is 10.2 Å². The molecule has 0 unspecified atom stereocenters. The van der Waals surface area contributed by atoms with Gasteiger partial charge in [0.2, 0.25) is 0 Å². The highest BCUT2D eigenvalue weighted by molar-refractivity contribution is 7.17. The molecule has 1 saturated heterocycles. The van der Waals surface area contributed by atoms with Gasteiger partial charge in [-0.3, -0.25) is 9.78 Å². The second kappa shape index (κ2) is 6.33. The molecule has 0 aliphatic carbocycles. The number of fused-ring (bicyclic) bond motifs is 1. The van der Waals surface area contributed by atoms with Gasteiger partial charge in [0.1, 0.15) is 12.1 Å². The number of piperazine rings is 1. The standard InChI is InChI=1S/C16H14ClN5OS/c17-12-7-11(8-18-9-12)16(23)22-4-2-21(3-5-22)15-14-13(1-6-24-14)19-10-20-15/h1,6-10H,2-5H2. The molecule has 0 aromatic carbocycles. The summed E-state index contributed by atoms with van der Waals surface area (Å²) in [5.74, 6) is 0.917. The van der Waals surface area contributed by atoms with E-state index in [1.54, 1.807) is 29.9 Å². The summed E-state index contributed by atoms with van der Waals surface area (Å²) in [6.07, 6.45) is 4.68. The largest absolute Gasteiger partial charge is 0.352 e. The molecule has 4 rings (SSSR count). The Morgan fingerprint density at radius 1 is 1.17 bits per heavy atom. The smallest absolute Gasteiger partial charge is 0.255 e. The SMILES string of the molecule is O=C(c1cncc(Cl)c1)N1CCN(c2ncnc3ccsc23)CC1. The third-order valence-corrected chi connectivity index (χ3v) is 5.15. The summed E-state index contributed by atoms with van der Waals surface area (Å²) in [6.45, 7) is 2.76. The number of amides is 1. The summed E-state index contributed by atoms with van der Waals surface area (Å²) in [7, 11) is 0. The number of rotatable bonds is 2. The van der Waals surface area contributed by atoms with Crippen LogP contribution in [0.4, 0.5) is 5.82 Å². The van der Waals surface area contributed by atoms with E-state index in [1.807, 2.05) is 16.3 Å². The van der Waals surface area contributed by atoms with Gasteiger partial charge in [-0.2, -0.15) is 0 Å². The first-order valence-electron chi connectivity index (χ1n) is 7.55. The molecule has 6 nitrogen and oxygen atoms in total. The van der Waals surface area contributed by atoms with Crippen molar-refractivity contribution >= 4 is 44.9 Å². The number of carbonyl (C=O) groups is 1. The second-order valence-electron chi connectivity index (χ2n) is 5.50. The second-order valence-corrected chi connectivity index (χ2v) is 6.86. The fourth-order valence-electron chi connectivity index (χ4n) is 2.83. The van der Waals surface area contributed by atoms with Gasteiger partial charge in [-0.1, -0.05) is 11.6 Å². The normalized spacial score (nSPS) is 15.0. The molecule has 24 heavy (non-hydrogen) atoms. The maximum Gasteiger partial charge on any atom is 0.255 e. The Bertz CT molecular complexity index is 891. The van der Waals surface area contributed by atoms with Crippen LogP contribution in [0, 0.1) is 0 Å². The van der Waals surface area contributed by atoms with Crippen molar-refractivity contribution in [2.75, 3.05) is 31.1 Å². The number of nitrogens with zero attached hydrogens (tertiary/aromatic N) is 5. The zero-order valence-electron chi connectivity index (χ0n) is 12.7. The van der Waals surface area contributed by atoms with Gasteiger partial charge in [-0.05, 0) is 17.5 Å². The molecule has 1 aliphatic rings. The zero-order valence-corrected chi connectivity index (χ0v) is 14.3. The van der Waals surface area contributed by atoms with E-state index in [0.717, 1.165) is 29.1 Å². The van der Waals surface area contributed by atoms with E-state index >= 15 is 0 Å². The first-order chi connectivity index (χ1) is 11.7. The summed E-state index contributed by atoms with van der Waals surface area (Å²) in [4.78, 5) is 29.3. The van der Waals surface area contributed by atoms with Crippen molar-refractivity contribution < 1.29 is 4.79 Å². The van der Waals surface area contributed by atoms with Gasteiger partial charge in [0.15, 0.2) is 0 Å². The Morgan fingerprint density at radius 2 is 2.00 bits per heavy atom. The number of carbonyl (C=O) groups excluding carboxylic acids is 1. The molecule has 1 amide bonds. The first-order valence-corrected chi connectivity index (χ1v) is 8.81. The third-order valence-electron chi connectivity index (χ3n) is 4.04. The Morgan fingerprint density at radius 3 is 2.79 bits per heavy atom. The van der Waals surface area contributed by atoms with Crippen LogP contribution in [-0.2, 0) is 0 Å². The lowest BCUT2D eigenvalue weighted by molar-refractivity contribution is 0.0746. The molecule has 1 aliphatic heterocycles. The van der Waals surface area contributed by atoms with Crippen LogP contribution in [0.1, 0.15) is 10.4 Å². The van der Waals surface area contributed by atoms with Gasteiger partial charge in [0.25, 0.3) is 5.91 Å². The van der Waals surface area contributed by atoms with Crippen molar-refractivity contribution in [2.24, 2.45) is 0 Å². The molecule has 1 fully saturated rings. The number of hydrogen-bond donors (Lipinski definition) is 0. The van der Waals surface area contributed by atoms with Gasteiger partial charge in [0, 0.05) is 38.6 Å². The van der Waals surface area contributed by atoms with Crippen molar-refractivity contribution in [1.82, 2.24) is 19.9 Å². The van der Waals surface area contributed by atoms with Crippen molar-refractivity contribution in [3.05, 3.63) is 46.8 Å². The molecule has 0 radical (unpaired) electrons. The van der Waals surface area contributed by atoms with E-state index in [9.17, 15) is 4.79 Å². The van der Waals surface area contributed by atoms with E-state index < -0.39 is 0 Å². The summed E-state index contributed by atoms with van der Waals surface area (Å²) >= 11 is 7.56. The maximum atomic E-state index is 12.6. The summed E-state index contributed by atoms with van der Waals surface area (Å²) < 4.78 is 1.09. The first kappa shape index (κ1) is 15.3. The predicted octanol–water partition coefficient (Wildman–Crippen LogP) is 2.70. The Balaban J connectivity index is 1.49. The molecule has 3 aromatic heterocycles. The molecule has 0 spiro atoms. The zero-order chi connectivity index (χ0) is 16.5. The van der Waals surface area contributed by atoms with Gasteiger partial charge in [-0.15, -0.1) is 11.3 Å². The predicted molar refractivity (Wildman–Crippen MR) is 94.8 cm³/mol. The number of aromatic nitrogens is 3. The summed E-state index contributed by atoms with van der Waals surface area (Å²) in [5.41, 5.74) is 1.49. The Labute approximate surface area is 147 Å². The number of thiophene rings is 1. The number of hydrogen-bond acceptors (Lipinski definition) is 6. The third kappa shape index (κ3) is 2.81. The highest BCUT2D eigenvalue weighted by atomic mass is 35.5. The minimum Gasteiger partial charge on any atom is -0.352 e. The van der Waals surface area contributed by atoms with E-state index in [-0.39, 0.29) is 5.91 Å². The van der Waals surface area contributed by atoms with Crippen molar-refractivity contribution in [2.45, 2.75) is 0 Å². The van der Waals surface area contributed by atoms with Crippen molar-refractivity contribution in [3.63, 3.8) is 0 Å². The van der Waals surface area contributed by atoms with Gasteiger partial charge >= 0.3 is 0 Å². The van der Waals surface area contributed by atoms with E-state index in [2.05, 4.69) is 19.9 Å². The molecule has 4 heterocycles. The van der Waals surface area contributed by atoms with Crippen LogP contribution in [0.3, 0.4) is 0 Å². The number of halogens is 1. The van der Waals surface area contributed by atoms with Gasteiger partial charge in [0.05, 0.1) is 20.8 Å². The van der Waals surface area contributed by atoms with E-state index in [0.29, 0.717) is 23.7 Å².